The summed E-state index contributed by atoms with van der Waals surface area (Å²) in [5, 5.41) is 3.78. The number of hydrazone groups is 1. The fourth-order valence-electron chi connectivity index (χ4n) is 0.776. The molecule has 3 N–H and O–H groups in total. The van der Waals surface area contributed by atoms with Crippen LogP contribution in [0.3, 0.4) is 0 Å². The van der Waals surface area contributed by atoms with E-state index in [1.54, 1.807) is 0 Å². The van der Waals surface area contributed by atoms with Gasteiger partial charge in [0.2, 0.25) is 0 Å². The van der Waals surface area contributed by atoms with Gasteiger partial charge in [-0.3, -0.25) is 0 Å². The molecule has 74 valence electrons. The van der Waals surface area contributed by atoms with Crippen molar-refractivity contribution in [3.63, 3.8) is 0 Å². The van der Waals surface area contributed by atoms with Crippen molar-refractivity contribution in [2.45, 2.75) is 33.6 Å². The summed E-state index contributed by atoms with van der Waals surface area (Å²) >= 11 is 0. The zero-order chi connectivity index (χ0) is 10.3. The van der Waals surface area contributed by atoms with Crippen LogP contribution in [0, 0.1) is 0 Å². The molecule has 0 heterocycles. The molecule has 0 radical (unpaired) electrons. The fraction of sp³-hybridized carbons (Fsp3) is 0.556. The minimum absolute atomic E-state index is 0.624. The minimum Gasteiger partial charge on any atom is -0.350 e. The molecule has 13 heavy (non-hydrogen) atoms. The number of hydrogen-bond donors (Lipinski definition) is 2. The second kappa shape index (κ2) is 6.22. The molecule has 0 aromatic heterocycles. The zero-order valence-corrected chi connectivity index (χ0v) is 8.42. The van der Waals surface area contributed by atoms with Crippen LogP contribution in [0.5, 0.6) is 0 Å². The van der Waals surface area contributed by atoms with E-state index in [9.17, 15) is 4.79 Å². The molecule has 0 unspecified atom stereocenters. The van der Waals surface area contributed by atoms with Crippen LogP contribution in [-0.2, 0) is 0 Å². The van der Waals surface area contributed by atoms with Gasteiger partial charge >= 0.3 is 6.03 Å². The Morgan fingerprint density at radius 3 is 2.54 bits per heavy atom. The predicted octanol–water partition coefficient (Wildman–Crippen LogP) is 1.78. The highest BCUT2D eigenvalue weighted by molar-refractivity contribution is 5.83. The summed E-state index contributed by atoms with van der Waals surface area (Å²) in [5.74, 6) is 0. The molecule has 0 aliphatic heterocycles. The van der Waals surface area contributed by atoms with Crippen LogP contribution in [0.2, 0.25) is 0 Å². The summed E-state index contributed by atoms with van der Waals surface area (Å²) < 4.78 is 0. The van der Waals surface area contributed by atoms with Gasteiger partial charge in [0.25, 0.3) is 0 Å². The lowest BCUT2D eigenvalue weighted by Gasteiger charge is -1.97. The van der Waals surface area contributed by atoms with Crippen molar-refractivity contribution < 1.29 is 4.79 Å². The van der Waals surface area contributed by atoms with E-state index in [0.29, 0.717) is 0 Å². The fourth-order valence-corrected chi connectivity index (χ4v) is 0.776. The number of nitrogens with one attached hydrogen (secondary N) is 1. The van der Waals surface area contributed by atoms with Gasteiger partial charge in [-0.05, 0) is 33.6 Å². The molecule has 0 bridgehead atoms. The Morgan fingerprint density at radius 2 is 2.08 bits per heavy atom. The van der Waals surface area contributed by atoms with E-state index in [0.717, 1.165) is 18.6 Å². The summed E-state index contributed by atoms with van der Waals surface area (Å²) in [5.41, 5.74) is 9.20. The lowest BCUT2D eigenvalue weighted by atomic mass is 10.2. The Morgan fingerprint density at radius 1 is 1.46 bits per heavy atom. The number of allylic oxidation sites excluding steroid dienone is 2. The van der Waals surface area contributed by atoms with Crippen molar-refractivity contribution in [3.8, 4) is 0 Å². The lowest BCUT2D eigenvalue weighted by Crippen LogP contribution is -2.25. The third-order valence-corrected chi connectivity index (χ3v) is 1.42. The maximum absolute atomic E-state index is 10.3. The molecule has 0 rings (SSSR count). The highest BCUT2D eigenvalue weighted by atomic mass is 16.2. The van der Waals surface area contributed by atoms with Crippen molar-refractivity contribution in [2.24, 2.45) is 10.8 Å². The van der Waals surface area contributed by atoms with Crippen LogP contribution in [0.25, 0.3) is 0 Å². The van der Waals surface area contributed by atoms with Gasteiger partial charge in [-0.1, -0.05) is 11.6 Å². The van der Waals surface area contributed by atoms with Crippen LogP contribution >= 0.6 is 0 Å². The topological polar surface area (TPSA) is 67.5 Å². The van der Waals surface area contributed by atoms with Gasteiger partial charge in [-0.25, -0.2) is 10.2 Å². The van der Waals surface area contributed by atoms with Gasteiger partial charge < -0.3 is 5.73 Å². The average Bonchev–Trinajstić information content (AvgIpc) is 2.00. The molecular formula is C9H17N3O. The van der Waals surface area contributed by atoms with Crippen LogP contribution in [-0.4, -0.2) is 11.7 Å². The first kappa shape index (κ1) is 11.7. The van der Waals surface area contributed by atoms with Gasteiger partial charge in [-0.2, -0.15) is 5.10 Å². The van der Waals surface area contributed by atoms with Gasteiger partial charge in [-0.15, -0.1) is 0 Å². The standard InChI is InChI=1S/C9H17N3O/c1-7(2)5-4-6-8(3)11-12-9(10)13/h5H,4,6H2,1-3H3,(H3,10,12,13)/b11-8-. The molecule has 0 aliphatic rings. The molecule has 2 amide bonds. The van der Waals surface area contributed by atoms with E-state index in [2.05, 4.69) is 16.6 Å². The Hall–Kier alpha value is -1.32. The van der Waals surface area contributed by atoms with Crippen molar-refractivity contribution in [2.75, 3.05) is 0 Å². The molecule has 0 saturated carbocycles. The molecular weight excluding hydrogens is 166 g/mol. The first-order valence-corrected chi connectivity index (χ1v) is 4.24. The number of rotatable bonds is 4. The van der Waals surface area contributed by atoms with E-state index in [1.807, 2.05) is 20.8 Å². The van der Waals surface area contributed by atoms with Crippen LogP contribution in [0.15, 0.2) is 16.8 Å². The summed E-state index contributed by atoms with van der Waals surface area (Å²) in [6, 6.07) is -0.624. The molecule has 0 fully saturated rings. The van der Waals surface area contributed by atoms with E-state index in [4.69, 9.17) is 5.73 Å². The number of carbonyl (C=O) groups is 1. The monoisotopic (exact) mass is 183 g/mol. The van der Waals surface area contributed by atoms with Gasteiger partial charge in [0.05, 0.1) is 0 Å². The predicted molar refractivity (Wildman–Crippen MR) is 54.5 cm³/mol. The average molecular weight is 183 g/mol. The number of urea groups is 1. The van der Waals surface area contributed by atoms with Crippen molar-refractivity contribution >= 4 is 11.7 Å². The maximum Gasteiger partial charge on any atom is 0.332 e. The third kappa shape index (κ3) is 8.59. The van der Waals surface area contributed by atoms with E-state index >= 15 is 0 Å². The summed E-state index contributed by atoms with van der Waals surface area (Å²) in [4.78, 5) is 10.3. The molecule has 0 saturated heterocycles. The molecule has 0 aliphatic carbocycles. The number of nitrogens with zero attached hydrogens (tertiary/aromatic N) is 1. The largest absolute Gasteiger partial charge is 0.350 e. The third-order valence-electron chi connectivity index (χ3n) is 1.42. The molecule has 0 spiro atoms. The van der Waals surface area contributed by atoms with Gasteiger partial charge in [0.15, 0.2) is 0 Å². The highest BCUT2D eigenvalue weighted by Crippen LogP contribution is 1.98. The lowest BCUT2D eigenvalue weighted by molar-refractivity contribution is 0.249. The van der Waals surface area contributed by atoms with Crippen LogP contribution in [0.4, 0.5) is 4.79 Å². The molecule has 0 aromatic carbocycles. The number of nitrogens with two attached hydrogens (primary N) is 1. The number of primary amides is 1. The van der Waals surface area contributed by atoms with Crippen molar-refractivity contribution in [1.82, 2.24) is 5.43 Å². The Kier molecular flexibility index (Phi) is 5.59. The molecule has 0 atom stereocenters. The first-order valence-electron chi connectivity index (χ1n) is 4.24. The summed E-state index contributed by atoms with van der Waals surface area (Å²) in [7, 11) is 0. The van der Waals surface area contributed by atoms with E-state index in [-0.39, 0.29) is 0 Å². The number of amides is 2. The van der Waals surface area contributed by atoms with E-state index in [1.165, 1.54) is 5.57 Å². The molecule has 0 aromatic rings. The molecule has 4 nitrogen and oxygen atoms in total. The summed E-state index contributed by atoms with van der Waals surface area (Å²) in [6.45, 7) is 5.96. The summed E-state index contributed by atoms with van der Waals surface area (Å²) in [6.07, 6.45) is 3.91. The number of hydrogen-bond acceptors (Lipinski definition) is 2. The van der Waals surface area contributed by atoms with Gasteiger partial charge in [0, 0.05) is 5.71 Å². The van der Waals surface area contributed by atoms with Crippen molar-refractivity contribution in [3.05, 3.63) is 11.6 Å². The second-order valence-corrected chi connectivity index (χ2v) is 3.14. The van der Waals surface area contributed by atoms with Crippen LogP contribution in [0.1, 0.15) is 33.6 Å². The normalized spacial score (nSPS) is 10.8. The zero-order valence-electron chi connectivity index (χ0n) is 8.42. The number of carbonyl (C=O) groups excluding carboxylic acids is 1. The highest BCUT2D eigenvalue weighted by Gasteiger charge is 1.91. The maximum atomic E-state index is 10.3. The Labute approximate surface area is 78.9 Å². The van der Waals surface area contributed by atoms with Gasteiger partial charge in [0.1, 0.15) is 0 Å². The Bertz CT molecular complexity index is 227. The van der Waals surface area contributed by atoms with Crippen molar-refractivity contribution in [1.29, 1.82) is 0 Å². The Balaban J connectivity index is 3.73. The smallest absolute Gasteiger partial charge is 0.332 e. The SMILES string of the molecule is CC(C)=CCC/C(C)=N\NC(N)=O. The van der Waals surface area contributed by atoms with Crippen LogP contribution < -0.4 is 11.2 Å². The molecule has 4 heteroatoms. The minimum atomic E-state index is -0.624. The second-order valence-electron chi connectivity index (χ2n) is 3.14. The van der Waals surface area contributed by atoms with E-state index < -0.39 is 6.03 Å². The quantitative estimate of drug-likeness (QED) is 0.389. The first-order chi connectivity index (χ1) is 6.02.